The van der Waals surface area contributed by atoms with Crippen LogP contribution < -0.4 is 0 Å². The predicted octanol–water partition coefficient (Wildman–Crippen LogP) is 4.06. The summed E-state index contributed by atoms with van der Waals surface area (Å²) in [4.78, 5) is 15.4. The fourth-order valence-corrected chi connectivity index (χ4v) is 15.6. The Bertz CT molecular complexity index is 613. The fourth-order valence-electron chi connectivity index (χ4n) is 3.07. The van der Waals surface area contributed by atoms with Gasteiger partial charge in [0.15, 0.2) is 22.7 Å². The van der Waals surface area contributed by atoms with Crippen LogP contribution in [-0.2, 0) is 32.0 Å². The smallest absolute Gasteiger partial charge is 0.384 e. The number of aliphatic imine (C=N–C) groups is 1. The molecule has 1 unspecified atom stereocenters. The van der Waals surface area contributed by atoms with Gasteiger partial charge in [0.25, 0.3) is 0 Å². The summed E-state index contributed by atoms with van der Waals surface area (Å²) in [5.41, 5.74) is 0.361. The number of hydrogen-bond acceptors (Lipinski definition) is 8. The summed E-state index contributed by atoms with van der Waals surface area (Å²) < 4.78 is 34.8. The molecule has 1 fully saturated rings. The van der Waals surface area contributed by atoms with Crippen molar-refractivity contribution in [1.29, 1.82) is 0 Å². The van der Waals surface area contributed by atoms with Crippen molar-refractivity contribution in [3.05, 3.63) is 12.2 Å². The van der Waals surface area contributed by atoms with Gasteiger partial charge >= 0.3 is 20.6 Å². The van der Waals surface area contributed by atoms with Gasteiger partial charge in [0.05, 0.1) is 13.2 Å². The Labute approximate surface area is 190 Å². The van der Waals surface area contributed by atoms with Gasteiger partial charge in [0.2, 0.25) is 0 Å². The zero-order valence-electron chi connectivity index (χ0n) is 20.5. The number of ether oxygens (including phenoxy) is 4. The van der Waals surface area contributed by atoms with E-state index in [0.717, 1.165) is 12.5 Å². The van der Waals surface area contributed by atoms with Crippen LogP contribution in [0.5, 0.6) is 0 Å². The molecule has 0 amide bonds. The molecule has 1 saturated heterocycles. The molecule has 0 radical (unpaired) electrons. The Hall–Kier alpha value is -0.989. The lowest BCUT2D eigenvalue weighted by molar-refractivity contribution is -0.138. The maximum Gasteiger partial charge on any atom is 0.384 e. The van der Waals surface area contributed by atoms with E-state index < -0.39 is 31.2 Å². The predicted molar refractivity (Wildman–Crippen MR) is 130 cm³/mol. The van der Waals surface area contributed by atoms with E-state index in [2.05, 4.69) is 57.4 Å². The summed E-state index contributed by atoms with van der Waals surface area (Å²) in [6, 6.07) is 0.916. The summed E-state index contributed by atoms with van der Waals surface area (Å²) in [5.74, 6) is -0.426. The zero-order valence-corrected chi connectivity index (χ0v) is 23.5. The van der Waals surface area contributed by atoms with E-state index >= 15 is 0 Å². The first kappa shape index (κ1) is 28.0. The van der Waals surface area contributed by atoms with Crippen molar-refractivity contribution in [1.82, 2.24) is 0 Å². The SMILES string of the molecule is C=C(C)C(=O)OCCN=C1OCC(COCCC[Si](C)(O[Si](C)(C)C)O[Si](C)(C)C)O1. The first-order valence-electron chi connectivity index (χ1n) is 10.8. The molecule has 1 aliphatic rings. The molecular formula is C20H41NO7Si3. The Morgan fingerprint density at radius 2 is 1.71 bits per heavy atom. The third-order valence-electron chi connectivity index (χ3n) is 3.84. The van der Waals surface area contributed by atoms with Crippen molar-refractivity contribution < 1.29 is 32.0 Å². The summed E-state index contributed by atoms with van der Waals surface area (Å²) in [6.45, 7) is 22.5. The van der Waals surface area contributed by atoms with Crippen LogP contribution in [0.3, 0.4) is 0 Å². The molecule has 31 heavy (non-hydrogen) atoms. The summed E-state index contributed by atoms with van der Waals surface area (Å²) in [7, 11) is -5.58. The second-order valence-electron chi connectivity index (χ2n) is 9.86. The minimum atomic E-state index is -2.22. The van der Waals surface area contributed by atoms with Gasteiger partial charge in [0.1, 0.15) is 13.2 Å². The first-order valence-corrected chi connectivity index (χ1v) is 20.2. The number of hydrogen-bond donors (Lipinski definition) is 0. The molecule has 0 N–H and O–H groups in total. The van der Waals surface area contributed by atoms with E-state index in [0.29, 0.717) is 25.4 Å². The third-order valence-corrected chi connectivity index (χ3v) is 13.5. The van der Waals surface area contributed by atoms with Crippen LogP contribution in [0.25, 0.3) is 0 Å². The van der Waals surface area contributed by atoms with Crippen LogP contribution in [0.15, 0.2) is 17.1 Å². The van der Waals surface area contributed by atoms with E-state index in [1.54, 1.807) is 6.92 Å². The lowest BCUT2D eigenvalue weighted by Gasteiger charge is -2.38. The minimum Gasteiger partial charge on any atom is -0.460 e. The molecule has 180 valence electrons. The molecule has 0 aromatic rings. The quantitative estimate of drug-likeness (QED) is 0.157. The lowest BCUT2D eigenvalue weighted by atomic mass is 10.4. The molecule has 1 rings (SSSR count). The van der Waals surface area contributed by atoms with Gasteiger partial charge in [-0.25, -0.2) is 9.79 Å². The average molecular weight is 492 g/mol. The van der Waals surface area contributed by atoms with Gasteiger partial charge in [-0.1, -0.05) is 6.58 Å². The summed E-state index contributed by atoms with van der Waals surface area (Å²) in [5, 5.41) is 0. The molecule has 0 aromatic heterocycles. The monoisotopic (exact) mass is 491 g/mol. The number of nitrogens with zero attached hydrogens (tertiary/aromatic N) is 1. The normalized spacial score (nSPS) is 18.6. The molecule has 0 aromatic carbocycles. The van der Waals surface area contributed by atoms with Crippen LogP contribution in [0.2, 0.25) is 51.9 Å². The van der Waals surface area contributed by atoms with Crippen LogP contribution in [0, 0.1) is 0 Å². The average Bonchev–Trinajstić information content (AvgIpc) is 3.02. The van der Waals surface area contributed by atoms with Crippen molar-refractivity contribution in [2.45, 2.75) is 71.3 Å². The van der Waals surface area contributed by atoms with Gasteiger partial charge < -0.3 is 27.2 Å². The van der Waals surface area contributed by atoms with Gasteiger partial charge in [0, 0.05) is 12.2 Å². The maximum atomic E-state index is 11.3. The fraction of sp³-hybridized carbons (Fsp3) is 0.800. The standard InChI is InChI=1S/C20H41NO7Si3/c1-17(2)19(22)24-13-11-21-20-25-16-18(26-20)15-23-12-10-14-31(9,27-29(3,4)5)28-30(6,7)8/h18H,1,10-16H2,2-9H3. The van der Waals surface area contributed by atoms with Gasteiger partial charge in [-0.05, 0) is 65.2 Å². The van der Waals surface area contributed by atoms with E-state index in [-0.39, 0.29) is 25.3 Å². The maximum absolute atomic E-state index is 11.3. The van der Waals surface area contributed by atoms with Crippen LogP contribution in [0.1, 0.15) is 13.3 Å². The number of carbonyl (C=O) groups excluding carboxylic acids is 1. The van der Waals surface area contributed by atoms with Crippen molar-refractivity contribution in [2.24, 2.45) is 4.99 Å². The van der Waals surface area contributed by atoms with Gasteiger partial charge in [-0.3, -0.25) is 0 Å². The molecule has 1 aliphatic heterocycles. The highest BCUT2D eigenvalue weighted by molar-refractivity contribution is 6.87. The van der Waals surface area contributed by atoms with E-state index in [1.807, 2.05) is 0 Å². The number of rotatable bonds is 14. The molecule has 0 aliphatic carbocycles. The highest BCUT2D eigenvalue weighted by Gasteiger charge is 2.39. The van der Waals surface area contributed by atoms with Gasteiger partial charge in [-0.2, -0.15) is 0 Å². The Balaban J connectivity index is 2.30. The lowest BCUT2D eigenvalue weighted by Crippen LogP contribution is -2.52. The molecule has 0 bridgehead atoms. The van der Waals surface area contributed by atoms with Crippen LogP contribution in [-0.4, -0.2) is 76.3 Å². The second kappa shape index (κ2) is 12.3. The van der Waals surface area contributed by atoms with Crippen LogP contribution >= 0.6 is 0 Å². The Morgan fingerprint density at radius 3 is 2.26 bits per heavy atom. The Morgan fingerprint density at radius 1 is 1.10 bits per heavy atom. The third kappa shape index (κ3) is 13.2. The molecule has 11 heteroatoms. The second-order valence-corrected chi connectivity index (χ2v) is 22.7. The number of carbonyl (C=O) groups is 1. The van der Waals surface area contributed by atoms with Crippen molar-refractivity contribution in [3.63, 3.8) is 0 Å². The van der Waals surface area contributed by atoms with Crippen LogP contribution in [0.4, 0.5) is 0 Å². The van der Waals surface area contributed by atoms with Crippen molar-refractivity contribution in [3.8, 4) is 0 Å². The number of esters is 1. The summed E-state index contributed by atoms with van der Waals surface area (Å²) >= 11 is 0. The molecule has 8 nitrogen and oxygen atoms in total. The molecule has 0 saturated carbocycles. The largest absolute Gasteiger partial charge is 0.460 e. The van der Waals surface area contributed by atoms with E-state index in [1.165, 1.54) is 0 Å². The van der Waals surface area contributed by atoms with E-state index in [4.69, 9.17) is 27.2 Å². The van der Waals surface area contributed by atoms with Crippen molar-refractivity contribution >= 4 is 37.2 Å². The Kier molecular flexibility index (Phi) is 11.1. The molecule has 1 heterocycles. The molecular weight excluding hydrogens is 450 g/mol. The highest BCUT2D eigenvalue weighted by Crippen LogP contribution is 2.25. The zero-order chi connectivity index (χ0) is 23.7. The first-order chi connectivity index (χ1) is 14.2. The summed E-state index contributed by atoms with van der Waals surface area (Å²) in [6.07, 6.45) is 0.921. The van der Waals surface area contributed by atoms with Gasteiger partial charge in [-0.15, -0.1) is 0 Å². The molecule has 1 atom stereocenters. The topological polar surface area (TPSA) is 84.8 Å². The highest BCUT2D eigenvalue weighted by atomic mass is 28.5. The van der Waals surface area contributed by atoms with E-state index in [9.17, 15) is 4.79 Å². The van der Waals surface area contributed by atoms with Crippen molar-refractivity contribution in [2.75, 3.05) is 33.0 Å². The minimum absolute atomic E-state index is 0.157. The molecule has 0 spiro atoms.